The van der Waals surface area contributed by atoms with Crippen LogP contribution in [0, 0.1) is 0 Å². The normalized spacial score (nSPS) is 14.9. The first-order chi connectivity index (χ1) is 9.31. The summed E-state index contributed by atoms with van der Waals surface area (Å²) in [4.78, 5) is 13.8. The van der Waals surface area contributed by atoms with E-state index >= 15 is 0 Å². The average Bonchev–Trinajstić information content (AvgIpc) is 2.39. The van der Waals surface area contributed by atoms with Crippen molar-refractivity contribution in [2.24, 2.45) is 0 Å². The van der Waals surface area contributed by atoms with E-state index in [-0.39, 0.29) is 24.3 Å². The minimum Gasteiger partial charge on any atom is -0.343 e. The van der Waals surface area contributed by atoms with Crippen LogP contribution in [0.3, 0.4) is 0 Å². The third-order valence-corrected chi connectivity index (χ3v) is 5.30. The predicted molar refractivity (Wildman–Crippen MR) is 82.1 cm³/mol. The molecule has 0 aromatic carbocycles. The quantitative estimate of drug-likeness (QED) is 0.578. The van der Waals surface area contributed by atoms with Gasteiger partial charge in [-0.25, -0.2) is 0 Å². The summed E-state index contributed by atoms with van der Waals surface area (Å²) < 4.78 is 23.9. The van der Waals surface area contributed by atoms with Crippen molar-refractivity contribution < 1.29 is 18.4 Å². The van der Waals surface area contributed by atoms with Gasteiger partial charge in [-0.2, -0.15) is 0 Å². The van der Waals surface area contributed by atoms with Gasteiger partial charge in [-0.3, -0.25) is 9.36 Å². The molecule has 0 unspecified atom stereocenters. The summed E-state index contributed by atoms with van der Waals surface area (Å²) in [6.07, 6.45) is 0.910. The fourth-order valence-electron chi connectivity index (χ4n) is 1.64. The number of rotatable bonds is 10. The first kappa shape index (κ1) is 19.6. The molecule has 2 atom stereocenters. The lowest BCUT2D eigenvalue weighted by atomic mass is 10.3. The van der Waals surface area contributed by atoms with Crippen LogP contribution in [0.15, 0.2) is 0 Å². The molecule has 0 aromatic rings. The highest BCUT2D eigenvalue weighted by Crippen LogP contribution is 2.51. The molecule has 0 saturated heterocycles. The Morgan fingerprint density at radius 3 is 1.70 bits per heavy atom. The van der Waals surface area contributed by atoms with Crippen LogP contribution in [-0.4, -0.2) is 42.3 Å². The van der Waals surface area contributed by atoms with Crippen LogP contribution in [0.4, 0.5) is 0 Å². The van der Waals surface area contributed by atoms with Gasteiger partial charge in [0, 0.05) is 13.1 Å². The summed E-state index contributed by atoms with van der Waals surface area (Å²) >= 11 is 0. The van der Waals surface area contributed by atoms with E-state index in [1.165, 1.54) is 0 Å². The van der Waals surface area contributed by atoms with Crippen LogP contribution < -0.4 is 0 Å². The Morgan fingerprint density at radius 1 is 1.00 bits per heavy atom. The van der Waals surface area contributed by atoms with Gasteiger partial charge in [0.05, 0.1) is 12.2 Å². The topological polar surface area (TPSA) is 55.8 Å². The third-order valence-electron chi connectivity index (χ3n) is 3.28. The second kappa shape index (κ2) is 9.54. The lowest BCUT2D eigenvalue weighted by Crippen LogP contribution is -2.33. The van der Waals surface area contributed by atoms with Crippen molar-refractivity contribution in [2.75, 3.05) is 19.3 Å². The zero-order valence-electron chi connectivity index (χ0n) is 13.7. The maximum atomic E-state index is 12.8. The molecule has 5 nitrogen and oxygen atoms in total. The molecular weight excluding hydrogens is 277 g/mol. The van der Waals surface area contributed by atoms with E-state index in [1.807, 2.05) is 41.5 Å². The van der Waals surface area contributed by atoms with Crippen LogP contribution in [0.1, 0.15) is 54.4 Å². The monoisotopic (exact) mass is 307 g/mol. The first-order valence-corrected chi connectivity index (χ1v) is 9.28. The fraction of sp³-hybridized carbons (Fsp3) is 0.929. The fourth-order valence-corrected chi connectivity index (χ4v) is 3.76. The van der Waals surface area contributed by atoms with E-state index in [1.54, 1.807) is 4.90 Å². The number of hydrogen-bond acceptors (Lipinski definition) is 4. The second-order valence-electron chi connectivity index (χ2n) is 4.98. The molecule has 0 aliphatic heterocycles. The molecule has 0 N–H and O–H groups in total. The Kier molecular flexibility index (Phi) is 9.36. The summed E-state index contributed by atoms with van der Waals surface area (Å²) in [5.41, 5.74) is 0. The van der Waals surface area contributed by atoms with Gasteiger partial charge in [-0.1, -0.05) is 13.8 Å². The van der Waals surface area contributed by atoms with E-state index in [0.29, 0.717) is 13.1 Å². The van der Waals surface area contributed by atoms with Crippen molar-refractivity contribution in [1.82, 2.24) is 4.90 Å². The van der Waals surface area contributed by atoms with Crippen molar-refractivity contribution in [3.05, 3.63) is 0 Å². The zero-order valence-corrected chi connectivity index (χ0v) is 14.6. The molecule has 0 bridgehead atoms. The van der Waals surface area contributed by atoms with Gasteiger partial charge in [0.25, 0.3) is 0 Å². The van der Waals surface area contributed by atoms with Crippen molar-refractivity contribution in [3.8, 4) is 0 Å². The van der Waals surface area contributed by atoms with E-state index in [2.05, 4.69) is 0 Å². The molecule has 20 heavy (non-hydrogen) atoms. The van der Waals surface area contributed by atoms with Gasteiger partial charge in [0.2, 0.25) is 5.91 Å². The number of carbonyl (C=O) groups is 1. The van der Waals surface area contributed by atoms with Crippen LogP contribution in [0.2, 0.25) is 0 Å². The predicted octanol–water partition coefficient (Wildman–Crippen LogP) is 3.68. The van der Waals surface area contributed by atoms with Crippen LogP contribution in [0.5, 0.6) is 0 Å². The van der Waals surface area contributed by atoms with Crippen molar-refractivity contribution in [3.63, 3.8) is 0 Å². The molecule has 0 aliphatic rings. The van der Waals surface area contributed by atoms with Gasteiger partial charge >= 0.3 is 7.60 Å². The van der Waals surface area contributed by atoms with E-state index in [4.69, 9.17) is 9.05 Å². The molecule has 120 valence electrons. The molecule has 0 fully saturated rings. The van der Waals surface area contributed by atoms with Crippen molar-refractivity contribution in [2.45, 2.75) is 66.6 Å². The Balaban J connectivity index is 4.92. The number of nitrogens with zero attached hydrogens (tertiary/aromatic N) is 1. The lowest BCUT2D eigenvalue weighted by Gasteiger charge is -2.26. The molecule has 0 aliphatic carbocycles. The highest BCUT2D eigenvalue weighted by atomic mass is 31.2. The van der Waals surface area contributed by atoms with Gasteiger partial charge < -0.3 is 13.9 Å². The van der Waals surface area contributed by atoms with E-state index in [0.717, 1.165) is 12.8 Å². The van der Waals surface area contributed by atoms with Gasteiger partial charge in [0.1, 0.15) is 6.16 Å². The molecule has 0 saturated carbocycles. The Morgan fingerprint density at radius 2 is 1.40 bits per heavy atom. The highest BCUT2D eigenvalue weighted by Gasteiger charge is 2.33. The first-order valence-electron chi connectivity index (χ1n) is 7.55. The van der Waals surface area contributed by atoms with Crippen molar-refractivity contribution >= 4 is 13.5 Å². The minimum absolute atomic E-state index is 0.176. The summed E-state index contributed by atoms with van der Waals surface area (Å²) in [5, 5.41) is 0. The molecular formula is C14H30NO4P. The zero-order chi connectivity index (χ0) is 15.8. The van der Waals surface area contributed by atoms with E-state index in [9.17, 15) is 9.36 Å². The second-order valence-corrected chi connectivity index (χ2v) is 6.94. The lowest BCUT2D eigenvalue weighted by molar-refractivity contribution is -0.128. The summed E-state index contributed by atoms with van der Waals surface area (Å²) in [6.45, 7) is 12.6. The SMILES string of the molecule is CC[C@H](C)OP(=O)(CC(=O)N(CC)CC)O[C@@H](C)CC. The van der Waals surface area contributed by atoms with Crippen LogP contribution in [0.25, 0.3) is 0 Å². The molecule has 0 radical (unpaired) electrons. The molecule has 0 aromatic heterocycles. The van der Waals surface area contributed by atoms with Gasteiger partial charge in [0.15, 0.2) is 0 Å². The van der Waals surface area contributed by atoms with Crippen molar-refractivity contribution in [1.29, 1.82) is 0 Å². The summed E-state index contributed by atoms with van der Waals surface area (Å²) in [6, 6.07) is 0. The Hall–Kier alpha value is -0.380. The average molecular weight is 307 g/mol. The van der Waals surface area contributed by atoms with Crippen LogP contribution >= 0.6 is 7.60 Å². The molecule has 0 rings (SSSR count). The Bertz CT molecular complexity index is 315. The number of carbonyl (C=O) groups excluding carboxylic acids is 1. The maximum Gasteiger partial charge on any atom is 0.340 e. The minimum atomic E-state index is -3.39. The summed E-state index contributed by atoms with van der Waals surface area (Å²) in [5.74, 6) is -0.176. The van der Waals surface area contributed by atoms with E-state index < -0.39 is 7.60 Å². The molecule has 1 amide bonds. The summed E-state index contributed by atoms with van der Waals surface area (Å²) in [7, 11) is -3.39. The standard InChI is InChI=1S/C14H30NO4P/c1-7-12(5)18-20(17,19-13(6)8-2)11-14(16)15(9-3)10-4/h12-13H,7-11H2,1-6H3/t12-,13-/m0/s1. The Labute approximate surface area is 123 Å². The highest BCUT2D eigenvalue weighted by molar-refractivity contribution is 7.54. The largest absolute Gasteiger partial charge is 0.343 e. The molecule has 0 heterocycles. The van der Waals surface area contributed by atoms with Gasteiger partial charge in [-0.05, 0) is 40.5 Å². The molecule has 0 spiro atoms. The number of hydrogen-bond donors (Lipinski definition) is 0. The molecule has 6 heteroatoms. The smallest absolute Gasteiger partial charge is 0.340 e. The van der Waals surface area contributed by atoms with Crippen LogP contribution in [-0.2, 0) is 18.4 Å². The number of amides is 1. The third kappa shape index (κ3) is 6.87. The van der Waals surface area contributed by atoms with Gasteiger partial charge in [-0.15, -0.1) is 0 Å². The maximum absolute atomic E-state index is 12.8.